The molecule has 0 saturated carbocycles. The van der Waals surface area contributed by atoms with E-state index in [1.165, 1.54) is 0 Å². The molecule has 3 heteroatoms. The minimum Gasteiger partial charge on any atom is -0.328 e. The summed E-state index contributed by atoms with van der Waals surface area (Å²) >= 11 is 0. The molecule has 0 aromatic heterocycles. The molecule has 0 heterocycles. The Morgan fingerprint density at radius 1 is 1.88 bits per heavy atom. The summed E-state index contributed by atoms with van der Waals surface area (Å²) < 4.78 is 0. The maximum atomic E-state index is 5.24. The molecule has 3 nitrogen and oxygen atoms in total. The molecule has 0 aliphatic rings. The van der Waals surface area contributed by atoms with Crippen LogP contribution in [0.4, 0.5) is 0 Å². The van der Waals surface area contributed by atoms with Gasteiger partial charge in [-0.15, -0.1) is 0 Å². The summed E-state index contributed by atoms with van der Waals surface area (Å²) in [6, 6.07) is -0.000000000000000222. The van der Waals surface area contributed by atoms with Crippen LogP contribution in [0.5, 0.6) is 0 Å². The summed E-state index contributed by atoms with van der Waals surface area (Å²) in [5.74, 6) is 0. The Bertz CT molecular complexity index is 87.7. The van der Waals surface area contributed by atoms with E-state index >= 15 is 0 Å². The second kappa shape index (κ2) is 4.46. The van der Waals surface area contributed by atoms with Crippen LogP contribution in [0.15, 0.2) is 9.98 Å². The molecule has 8 heavy (non-hydrogen) atoms. The first-order valence-corrected chi connectivity index (χ1v) is 2.43. The van der Waals surface area contributed by atoms with Gasteiger partial charge in [-0.3, -0.25) is 9.98 Å². The molecular formula is C5H11N3. The Labute approximate surface area is 49.3 Å². The number of nitrogens with two attached hydrogens (primary N) is 1. The van der Waals surface area contributed by atoms with Crippen LogP contribution in [0.1, 0.15) is 0 Å². The van der Waals surface area contributed by atoms with Gasteiger partial charge in [0.25, 0.3) is 0 Å². The van der Waals surface area contributed by atoms with Crippen LogP contribution in [0, 0.1) is 0 Å². The van der Waals surface area contributed by atoms with Gasteiger partial charge in [0.2, 0.25) is 0 Å². The third-order valence-corrected chi connectivity index (χ3v) is 0.797. The van der Waals surface area contributed by atoms with Crippen LogP contribution in [0.3, 0.4) is 0 Å². The van der Waals surface area contributed by atoms with E-state index in [1.807, 2.05) is 0 Å². The molecule has 2 N–H and O–H groups in total. The normalized spacial score (nSPS) is 14.2. The van der Waals surface area contributed by atoms with Crippen molar-refractivity contribution in [2.45, 2.75) is 6.04 Å². The van der Waals surface area contributed by atoms with E-state index in [9.17, 15) is 0 Å². The third kappa shape index (κ3) is 2.47. The third-order valence-electron chi connectivity index (χ3n) is 0.797. The first-order valence-electron chi connectivity index (χ1n) is 2.43. The fourth-order valence-corrected chi connectivity index (χ4v) is 0.355. The molecule has 0 amide bonds. The van der Waals surface area contributed by atoms with Crippen molar-refractivity contribution < 1.29 is 0 Å². The maximum Gasteiger partial charge on any atom is 0.0960 e. The molecule has 0 saturated heterocycles. The number of rotatable bonds is 3. The molecule has 0 radical (unpaired) electrons. The predicted molar refractivity (Wildman–Crippen MR) is 36.8 cm³/mol. The molecule has 46 valence electrons. The number of nitrogens with zero attached hydrogens (tertiary/aromatic N) is 2. The first-order chi connectivity index (χ1) is 3.85. The van der Waals surface area contributed by atoms with Crippen molar-refractivity contribution in [2.24, 2.45) is 15.7 Å². The number of hydrogen-bond donors (Lipinski definition) is 1. The molecular weight excluding hydrogens is 102 g/mol. The summed E-state index contributed by atoms with van der Waals surface area (Å²) in [5.41, 5.74) is 5.24. The highest BCUT2D eigenvalue weighted by Crippen LogP contribution is 1.78. The van der Waals surface area contributed by atoms with Crippen molar-refractivity contribution in [1.82, 2.24) is 0 Å². The van der Waals surface area contributed by atoms with E-state index in [0.29, 0.717) is 6.54 Å². The van der Waals surface area contributed by atoms with Crippen LogP contribution in [0.2, 0.25) is 0 Å². The molecule has 0 fully saturated rings. The quantitative estimate of drug-likeness (QED) is 0.502. The molecule has 0 aliphatic carbocycles. The first kappa shape index (κ1) is 7.30. The molecule has 0 rings (SSSR count). The predicted octanol–water partition coefficient (Wildman–Crippen LogP) is -0.285. The lowest BCUT2D eigenvalue weighted by atomic mass is 10.3. The molecule has 0 aromatic rings. The van der Waals surface area contributed by atoms with Crippen molar-refractivity contribution in [3.8, 4) is 0 Å². The fourth-order valence-electron chi connectivity index (χ4n) is 0.355. The van der Waals surface area contributed by atoms with Crippen LogP contribution >= 0.6 is 0 Å². The summed E-state index contributed by atoms with van der Waals surface area (Å²) in [7, 11) is 1.69. The number of aliphatic imine (C=N–C) groups is 2. The minimum absolute atomic E-state index is 0.000000000000000222. The summed E-state index contributed by atoms with van der Waals surface area (Å²) in [6.07, 6.45) is 1.67. The Morgan fingerprint density at radius 3 is 2.62 bits per heavy atom. The molecule has 0 bridgehead atoms. The van der Waals surface area contributed by atoms with E-state index in [2.05, 4.69) is 16.7 Å². The van der Waals surface area contributed by atoms with E-state index in [4.69, 9.17) is 5.73 Å². The molecule has 1 atom stereocenters. The van der Waals surface area contributed by atoms with Gasteiger partial charge in [0, 0.05) is 19.8 Å². The van der Waals surface area contributed by atoms with Gasteiger partial charge in [-0.1, -0.05) is 0 Å². The lowest BCUT2D eigenvalue weighted by Gasteiger charge is -1.97. The smallest absolute Gasteiger partial charge is 0.0960 e. The van der Waals surface area contributed by atoms with Crippen LogP contribution < -0.4 is 5.73 Å². The van der Waals surface area contributed by atoms with E-state index in [-0.39, 0.29) is 6.04 Å². The summed E-state index contributed by atoms with van der Waals surface area (Å²) in [4.78, 5) is 7.41. The van der Waals surface area contributed by atoms with E-state index in [0.717, 1.165) is 0 Å². The van der Waals surface area contributed by atoms with Gasteiger partial charge in [0.15, 0.2) is 0 Å². The van der Waals surface area contributed by atoms with Gasteiger partial charge in [0.1, 0.15) is 0 Å². The zero-order valence-electron chi connectivity index (χ0n) is 5.04. The van der Waals surface area contributed by atoms with Gasteiger partial charge < -0.3 is 5.73 Å². The van der Waals surface area contributed by atoms with Crippen molar-refractivity contribution >= 4 is 12.9 Å². The fraction of sp³-hybridized carbons (Fsp3) is 0.600. The Hall–Kier alpha value is -0.700. The highest BCUT2D eigenvalue weighted by molar-refractivity contribution is 5.65. The van der Waals surface area contributed by atoms with Gasteiger partial charge >= 0.3 is 0 Å². The Morgan fingerprint density at radius 2 is 2.50 bits per heavy atom. The minimum atomic E-state index is -0.000000000000000222. The molecule has 0 spiro atoms. The molecule has 1 unspecified atom stereocenters. The average molecular weight is 113 g/mol. The average Bonchev–Trinajstić information content (AvgIpc) is 1.83. The second-order valence-corrected chi connectivity index (χ2v) is 1.39. The Kier molecular flexibility index (Phi) is 4.07. The largest absolute Gasteiger partial charge is 0.328 e. The van der Waals surface area contributed by atoms with Gasteiger partial charge in [-0.2, -0.15) is 0 Å². The van der Waals surface area contributed by atoms with Crippen LogP contribution in [-0.4, -0.2) is 32.6 Å². The standard InChI is InChI=1S/C5H11N3/c1-7-4-5(3-6)8-2/h4-5H,2-3,6H2,1H3. The maximum absolute atomic E-state index is 5.24. The lowest BCUT2D eigenvalue weighted by Crippen LogP contribution is -2.18. The van der Waals surface area contributed by atoms with E-state index < -0.39 is 0 Å². The van der Waals surface area contributed by atoms with Gasteiger partial charge in [-0.05, 0) is 6.72 Å². The second-order valence-electron chi connectivity index (χ2n) is 1.39. The highest BCUT2D eigenvalue weighted by Gasteiger charge is 1.92. The monoisotopic (exact) mass is 113 g/mol. The molecule has 0 aromatic carbocycles. The van der Waals surface area contributed by atoms with E-state index in [1.54, 1.807) is 13.3 Å². The van der Waals surface area contributed by atoms with Gasteiger partial charge in [-0.25, -0.2) is 0 Å². The SMILES string of the molecule is C=NC(C=NC)CN. The zero-order valence-corrected chi connectivity index (χ0v) is 5.04. The zero-order chi connectivity index (χ0) is 6.41. The number of hydrogen-bond acceptors (Lipinski definition) is 3. The van der Waals surface area contributed by atoms with Crippen molar-refractivity contribution in [2.75, 3.05) is 13.6 Å². The van der Waals surface area contributed by atoms with Crippen LogP contribution in [-0.2, 0) is 0 Å². The van der Waals surface area contributed by atoms with Crippen molar-refractivity contribution in [3.05, 3.63) is 0 Å². The summed E-state index contributed by atoms with van der Waals surface area (Å²) in [6.45, 7) is 3.82. The highest BCUT2D eigenvalue weighted by atomic mass is 14.8. The molecule has 0 aliphatic heterocycles. The Balaban J connectivity index is 3.52. The van der Waals surface area contributed by atoms with Gasteiger partial charge in [0.05, 0.1) is 6.04 Å². The lowest BCUT2D eigenvalue weighted by molar-refractivity contribution is 0.883. The van der Waals surface area contributed by atoms with Crippen molar-refractivity contribution in [1.29, 1.82) is 0 Å². The van der Waals surface area contributed by atoms with Crippen LogP contribution in [0.25, 0.3) is 0 Å². The van der Waals surface area contributed by atoms with Crippen molar-refractivity contribution in [3.63, 3.8) is 0 Å². The topological polar surface area (TPSA) is 50.7 Å². The summed E-state index contributed by atoms with van der Waals surface area (Å²) in [5, 5.41) is 0.